The Balaban J connectivity index is 1.32. The third kappa shape index (κ3) is 3.26. The van der Waals surface area contributed by atoms with Crippen molar-refractivity contribution in [3.8, 4) is 11.5 Å². The Morgan fingerprint density at radius 1 is 1.17 bits per heavy atom. The smallest absolute Gasteiger partial charge is 0.263 e. The summed E-state index contributed by atoms with van der Waals surface area (Å²) < 4.78 is 11.9. The summed E-state index contributed by atoms with van der Waals surface area (Å²) in [5, 5.41) is 4.04. The average Bonchev–Trinajstić information content (AvgIpc) is 3.14. The molecule has 1 amide bonds. The first-order chi connectivity index (χ1) is 11.8. The van der Waals surface area contributed by atoms with E-state index in [2.05, 4.69) is 6.07 Å². The van der Waals surface area contributed by atoms with Crippen LogP contribution in [0, 0.1) is 0 Å². The Bertz CT molecular complexity index is 692. The van der Waals surface area contributed by atoms with E-state index in [9.17, 15) is 4.79 Å². The van der Waals surface area contributed by atoms with Crippen LogP contribution < -0.4 is 9.47 Å². The molecule has 1 aromatic heterocycles. The molecule has 2 aromatic rings. The average molecular weight is 343 g/mol. The second-order valence-corrected chi connectivity index (χ2v) is 7.13. The lowest BCUT2D eigenvalue weighted by Crippen LogP contribution is -2.48. The molecule has 24 heavy (non-hydrogen) atoms. The molecule has 1 aromatic carbocycles. The van der Waals surface area contributed by atoms with E-state index in [0.29, 0.717) is 0 Å². The van der Waals surface area contributed by atoms with Crippen LogP contribution in [0.2, 0.25) is 0 Å². The highest BCUT2D eigenvalue weighted by atomic mass is 32.1. The number of rotatable bonds is 3. The zero-order valence-corrected chi connectivity index (χ0v) is 14.3. The van der Waals surface area contributed by atoms with Crippen LogP contribution in [-0.2, 0) is 11.2 Å². The van der Waals surface area contributed by atoms with Crippen molar-refractivity contribution >= 4 is 17.2 Å². The number of hydrogen-bond acceptors (Lipinski definition) is 4. The number of benzene rings is 1. The van der Waals surface area contributed by atoms with Gasteiger partial charge in [0.25, 0.3) is 5.91 Å². The molecule has 0 bridgehead atoms. The summed E-state index contributed by atoms with van der Waals surface area (Å²) in [4.78, 5) is 14.7. The number of ether oxygens (including phenoxy) is 2. The Hall–Kier alpha value is -2.01. The fraction of sp³-hybridized carbons (Fsp3) is 0.421. The Kier molecular flexibility index (Phi) is 4.43. The fourth-order valence-electron chi connectivity index (χ4n) is 3.41. The van der Waals surface area contributed by atoms with Gasteiger partial charge in [0.05, 0.1) is 0 Å². The largest absolute Gasteiger partial charge is 0.489 e. The zero-order valence-electron chi connectivity index (χ0n) is 13.5. The first-order valence-electron chi connectivity index (χ1n) is 8.52. The lowest BCUT2D eigenvalue weighted by atomic mass is 10.0. The van der Waals surface area contributed by atoms with Crippen LogP contribution in [0.25, 0.3) is 0 Å². The van der Waals surface area contributed by atoms with E-state index in [4.69, 9.17) is 9.47 Å². The Labute approximate surface area is 146 Å². The van der Waals surface area contributed by atoms with Crippen LogP contribution >= 0.6 is 11.3 Å². The normalized spacial score (nSPS) is 21.0. The van der Waals surface area contributed by atoms with Crippen molar-refractivity contribution in [2.45, 2.75) is 37.9 Å². The molecule has 0 N–H and O–H groups in total. The van der Waals surface area contributed by atoms with Crippen LogP contribution in [0.15, 0.2) is 41.1 Å². The van der Waals surface area contributed by atoms with Crippen LogP contribution in [0.4, 0.5) is 0 Å². The van der Waals surface area contributed by atoms with Crippen LogP contribution in [0.3, 0.4) is 0 Å². The van der Waals surface area contributed by atoms with Gasteiger partial charge in [-0.1, -0.05) is 18.2 Å². The highest BCUT2D eigenvalue weighted by Gasteiger charge is 2.32. The summed E-state index contributed by atoms with van der Waals surface area (Å²) in [6.45, 7) is 1.49. The van der Waals surface area contributed by atoms with Crippen molar-refractivity contribution < 1.29 is 14.3 Å². The fourth-order valence-corrected chi connectivity index (χ4v) is 3.97. The molecule has 0 radical (unpaired) electrons. The van der Waals surface area contributed by atoms with Crippen molar-refractivity contribution in [1.29, 1.82) is 0 Å². The van der Waals surface area contributed by atoms with E-state index in [1.165, 1.54) is 5.56 Å². The number of amides is 1. The van der Waals surface area contributed by atoms with Gasteiger partial charge in [0, 0.05) is 31.3 Å². The molecule has 0 saturated carbocycles. The van der Waals surface area contributed by atoms with Gasteiger partial charge in [-0.15, -0.1) is 11.3 Å². The van der Waals surface area contributed by atoms with E-state index in [1.54, 1.807) is 11.3 Å². The summed E-state index contributed by atoms with van der Waals surface area (Å²) in [5.41, 5.74) is 1.20. The molecule has 0 spiro atoms. The van der Waals surface area contributed by atoms with E-state index in [1.807, 2.05) is 39.9 Å². The maximum atomic E-state index is 12.7. The van der Waals surface area contributed by atoms with E-state index < -0.39 is 0 Å². The third-order valence-electron chi connectivity index (χ3n) is 4.74. The minimum Gasteiger partial charge on any atom is -0.489 e. The third-order valence-corrected chi connectivity index (χ3v) is 5.41. The van der Waals surface area contributed by atoms with Crippen molar-refractivity contribution in [1.82, 2.24) is 4.90 Å². The molecule has 1 unspecified atom stereocenters. The molecule has 5 heteroatoms. The summed E-state index contributed by atoms with van der Waals surface area (Å²) in [7, 11) is 0. The number of likely N-dealkylation sites (tertiary alicyclic amines) is 1. The van der Waals surface area contributed by atoms with Crippen molar-refractivity contribution in [2.24, 2.45) is 0 Å². The maximum absolute atomic E-state index is 12.7. The monoisotopic (exact) mass is 343 g/mol. The van der Waals surface area contributed by atoms with Gasteiger partial charge in [0.2, 0.25) is 0 Å². The molecule has 1 saturated heterocycles. The van der Waals surface area contributed by atoms with Gasteiger partial charge in [-0.25, -0.2) is 0 Å². The SMILES string of the molecule is O=C(C1CCc2ccccc2O1)N1CCC(Oc2ccsc2)CC1. The summed E-state index contributed by atoms with van der Waals surface area (Å²) >= 11 is 1.64. The minimum atomic E-state index is -0.339. The lowest BCUT2D eigenvalue weighted by Gasteiger charge is -2.35. The molecule has 2 aliphatic rings. The van der Waals surface area contributed by atoms with Gasteiger partial charge in [0.1, 0.15) is 17.6 Å². The maximum Gasteiger partial charge on any atom is 0.263 e. The second-order valence-electron chi connectivity index (χ2n) is 6.35. The predicted octanol–water partition coefficient (Wildman–Crippen LogP) is 3.51. The number of hydrogen-bond donors (Lipinski definition) is 0. The van der Waals surface area contributed by atoms with Crippen LogP contribution in [-0.4, -0.2) is 36.1 Å². The van der Waals surface area contributed by atoms with E-state index >= 15 is 0 Å². The standard InChI is InChI=1S/C19H21NO3S/c21-19(18-6-5-14-3-1-2-4-17(14)23-18)20-10-7-15(8-11-20)22-16-9-12-24-13-16/h1-4,9,12-13,15,18H,5-8,10-11H2. The number of carbonyl (C=O) groups is 1. The van der Waals surface area contributed by atoms with Gasteiger partial charge < -0.3 is 14.4 Å². The highest BCUT2D eigenvalue weighted by Crippen LogP contribution is 2.28. The Morgan fingerprint density at radius 2 is 2.00 bits per heavy atom. The van der Waals surface area contributed by atoms with E-state index in [-0.39, 0.29) is 18.1 Å². The van der Waals surface area contributed by atoms with Gasteiger partial charge in [-0.3, -0.25) is 4.79 Å². The molecule has 1 atom stereocenters. The molecular formula is C19H21NO3S. The molecule has 126 valence electrons. The second kappa shape index (κ2) is 6.85. The first kappa shape index (κ1) is 15.5. The van der Waals surface area contributed by atoms with Gasteiger partial charge in [-0.05, 0) is 35.9 Å². The number of piperidine rings is 1. The number of nitrogens with zero attached hydrogens (tertiary/aromatic N) is 1. The molecular weight excluding hydrogens is 322 g/mol. The number of thiophene rings is 1. The summed E-state index contributed by atoms with van der Waals surface area (Å²) in [6.07, 6.45) is 3.30. The van der Waals surface area contributed by atoms with E-state index in [0.717, 1.165) is 50.3 Å². The molecule has 4 rings (SSSR count). The minimum absolute atomic E-state index is 0.124. The van der Waals surface area contributed by atoms with Crippen molar-refractivity contribution in [2.75, 3.05) is 13.1 Å². The molecule has 0 aliphatic carbocycles. The van der Waals surface area contributed by atoms with Crippen LogP contribution in [0.5, 0.6) is 11.5 Å². The number of carbonyl (C=O) groups excluding carboxylic acids is 1. The highest BCUT2D eigenvalue weighted by molar-refractivity contribution is 7.08. The summed E-state index contributed by atoms with van der Waals surface area (Å²) in [6, 6.07) is 10.00. The topological polar surface area (TPSA) is 38.8 Å². The summed E-state index contributed by atoms with van der Waals surface area (Å²) in [5.74, 6) is 1.92. The first-order valence-corrected chi connectivity index (χ1v) is 9.46. The van der Waals surface area contributed by atoms with Crippen molar-refractivity contribution in [3.05, 3.63) is 46.7 Å². The lowest BCUT2D eigenvalue weighted by molar-refractivity contribution is -0.141. The van der Waals surface area contributed by atoms with Gasteiger partial charge in [-0.2, -0.15) is 0 Å². The zero-order chi connectivity index (χ0) is 16.4. The predicted molar refractivity (Wildman–Crippen MR) is 93.7 cm³/mol. The molecule has 2 aliphatic heterocycles. The molecule has 3 heterocycles. The number of aryl methyl sites for hydroxylation is 1. The van der Waals surface area contributed by atoms with Crippen molar-refractivity contribution in [3.63, 3.8) is 0 Å². The number of para-hydroxylation sites is 1. The Morgan fingerprint density at radius 3 is 2.79 bits per heavy atom. The molecule has 1 fully saturated rings. The molecule has 4 nitrogen and oxygen atoms in total. The van der Waals surface area contributed by atoms with Gasteiger partial charge in [0.15, 0.2) is 6.10 Å². The number of fused-ring (bicyclic) bond motifs is 1. The van der Waals surface area contributed by atoms with Gasteiger partial charge >= 0.3 is 0 Å². The van der Waals surface area contributed by atoms with Crippen LogP contribution in [0.1, 0.15) is 24.8 Å². The quantitative estimate of drug-likeness (QED) is 0.856.